The lowest BCUT2D eigenvalue weighted by molar-refractivity contribution is 0.229. The molecule has 6 nitrogen and oxygen atoms in total. The molecule has 0 aliphatic heterocycles. The van der Waals surface area contributed by atoms with Crippen molar-refractivity contribution in [1.82, 2.24) is 10.1 Å². The predicted molar refractivity (Wildman–Crippen MR) is 89.7 cm³/mol. The van der Waals surface area contributed by atoms with Crippen molar-refractivity contribution in [3.63, 3.8) is 0 Å². The van der Waals surface area contributed by atoms with Crippen LogP contribution >= 0.6 is 12.4 Å². The van der Waals surface area contributed by atoms with E-state index in [1.807, 2.05) is 24.3 Å². The van der Waals surface area contributed by atoms with Crippen LogP contribution in [0.25, 0.3) is 12.2 Å². The molecular formula is C16H20ClN3O3. The number of aromatic nitrogens is 2. The Morgan fingerprint density at radius 1 is 1.13 bits per heavy atom. The number of methoxy groups -OCH3 is 2. The molecule has 1 saturated carbocycles. The Balaban J connectivity index is 0.00000192. The monoisotopic (exact) mass is 337 g/mol. The van der Waals surface area contributed by atoms with Gasteiger partial charge in [0, 0.05) is 12.1 Å². The van der Waals surface area contributed by atoms with E-state index in [0.29, 0.717) is 11.7 Å². The summed E-state index contributed by atoms with van der Waals surface area (Å²) in [5, 5.41) is 3.98. The van der Waals surface area contributed by atoms with Crippen molar-refractivity contribution in [3.05, 3.63) is 35.5 Å². The molecule has 0 bridgehead atoms. The van der Waals surface area contributed by atoms with Gasteiger partial charge < -0.3 is 19.7 Å². The average Bonchev–Trinajstić information content (AvgIpc) is 2.99. The third kappa shape index (κ3) is 3.65. The van der Waals surface area contributed by atoms with E-state index in [9.17, 15) is 0 Å². The number of halogens is 1. The third-order valence-electron chi connectivity index (χ3n) is 3.92. The standard InChI is InChI=1S/C16H19N3O3.ClH/c1-20-12-8-11(9-13(10-12)21-2)4-5-14-18-15(19-22-14)16(17)6-3-7-16;/h4-5,8-10H,3,6-7,17H2,1-2H3;1H/b5-4+;. The molecule has 7 heteroatoms. The Morgan fingerprint density at radius 2 is 1.78 bits per heavy atom. The smallest absolute Gasteiger partial charge is 0.250 e. The predicted octanol–water partition coefficient (Wildman–Crippen LogP) is 3.02. The minimum Gasteiger partial charge on any atom is -0.497 e. The Hall–Kier alpha value is -2.05. The maximum atomic E-state index is 6.18. The van der Waals surface area contributed by atoms with Crippen molar-refractivity contribution in [2.24, 2.45) is 5.73 Å². The number of benzene rings is 1. The number of hydrogen-bond acceptors (Lipinski definition) is 6. The summed E-state index contributed by atoms with van der Waals surface area (Å²) in [6, 6.07) is 5.61. The van der Waals surface area contributed by atoms with Crippen molar-refractivity contribution in [1.29, 1.82) is 0 Å². The first kappa shape index (κ1) is 17.3. The van der Waals surface area contributed by atoms with Gasteiger partial charge in [-0.15, -0.1) is 12.4 Å². The van der Waals surface area contributed by atoms with Crippen molar-refractivity contribution >= 4 is 24.6 Å². The molecule has 124 valence electrons. The van der Waals surface area contributed by atoms with Crippen molar-refractivity contribution in [3.8, 4) is 11.5 Å². The molecule has 3 rings (SSSR count). The number of hydrogen-bond donors (Lipinski definition) is 1. The quantitative estimate of drug-likeness (QED) is 0.902. The van der Waals surface area contributed by atoms with Crippen LogP contribution in [0.5, 0.6) is 11.5 Å². The molecule has 2 N–H and O–H groups in total. The zero-order valence-electron chi connectivity index (χ0n) is 13.1. The molecule has 1 heterocycles. The van der Waals surface area contributed by atoms with Crippen LogP contribution in [-0.2, 0) is 5.54 Å². The Labute approximate surface area is 141 Å². The highest BCUT2D eigenvalue weighted by Gasteiger charge is 2.38. The molecule has 1 aromatic heterocycles. The van der Waals surface area contributed by atoms with E-state index in [-0.39, 0.29) is 12.4 Å². The molecule has 0 spiro atoms. The van der Waals surface area contributed by atoms with Gasteiger partial charge in [0.2, 0.25) is 0 Å². The fourth-order valence-electron chi connectivity index (χ4n) is 2.38. The molecule has 2 aromatic rings. The van der Waals surface area contributed by atoms with Gasteiger partial charge in [0.05, 0.1) is 19.8 Å². The lowest BCUT2D eigenvalue weighted by atomic mass is 9.77. The van der Waals surface area contributed by atoms with E-state index >= 15 is 0 Å². The number of ether oxygens (including phenoxy) is 2. The SMILES string of the molecule is COc1cc(/C=C/c2nc(C3(N)CCC3)no2)cc(OC)c1.Cl. The minimum absolute atomic E-state index is 0. The van der Waals surface area contributed by atoms with E-state index < -0.39 is 5.54 Å². The van der Waals surface area contributed by atoms with Crippen LogP contribution in [0.2, 0.25) is 0 Å². The minimum atomic E-state index is -0.408. The maximum absolute atomic E-state index is 6.18. The van der Waals surface area contributed by atoms with Gasteiger partial charge in [0.1, 0.15) is 11.5 Å². The molecule has 0 saturated heterocycles. The molecule has 1 fully saturated rings. The van der Waals surface area contributed by atoms with Gasteiger partial charge in [-0.3, -0.25) is 0 Å². The van der Waals surface area contributed by atoms with Crippen LogP contribution in [-0.4, -0.2) is 24.4 Å². The fourth-order valence-corrected chi connectivity index (χ4v) is 2.38. The summed E-state index contributed by atoms with van der Waals surface area (Å²) in [6.45, 7) is 0. The van der Waals surface area contributed by atoms with Crippen molar-refractivity contribution in [2.75, 3.05) is 14.2 Å². The Morgan fingerprint density at radius 3 is 2.30 bits per heavy atom. The van der Waals surface area contributed by atoms with E-state index in [4.69, 9.17) is 19.7 Å². The average molecular weight is 338 g/mol. The second-order valence-corrected chi connectivity index (χ2v) is 5.45. The third-order valence-corrected chi connectivity index (χ3v) is 3.92. The van der Waals surface area contributed by atoms with E-state index in [1.165, 1.54) is 0 Å². The van der Waals surface area contributed by atoms with Gasteiger partial charge in [-0.05, 0) is 43.0 Å². The fraction of sp³-hybridized carbons (Fsp3) is 0.375. The molecule has 0 unspecified atom stereocenters. The van der Waals surface area contributed by atoms with Gasteiger partial charge >= 0.3 is 0 Å². The zero-order chi connectivity index (χ0) is 15.6. The summed E-state index contributed by atoms with van der Waals surface area (Å²) in [4.78, 5) is 4.35. The molecule has 0 atom stereocenters. The van der Waals surface area contributed by atoms with Crippen LogP contribution in [0.1, 0.15) is 36.5 Å². The molecule has 0 amide bonds. The van der Waals surface area contributed by atoms with Gasteiger partial charge in [0.25, 0.3) is 5.89 Å². The molecule has 0 radical (unpaired) electrons. The van der Waals surface area contributed by atoms with Crippen LogP contribution in [0.15, 0.2) is 22.7 Å². The summed E-state index contributed by atoms with van der Waals surface area (Å²) < 4.78 is 15.7. The zero-order valence-corrected chi connectivity index (χ0v) is 13.9. The summed E-state index contributed by atoms with van der Waals surface area (Å²) >= 11 is 0. The number of rotatable bonds is 5. The Kier molecular flexibility index (Phi) is 5.28. The van der Waals surface area contributed by atoms with Crippen molar-refractivity contribution < 1.29 is 14.0 Å². The largest absolute Gasteiger partial charge is 0.497 e. The molecular weight excluding hydrogens is 318 g/mol. The normalized spacial score (nSPS) is 15.8. The molecule has 23 heavy (non-hydrogen) atoms. The lowest BCUT2D eigenvalue weighted by Crippen LogP contribution is -2.44. The maximum Gasteiger partial charge on any atom is 0.250 e. The van der Waals surface area contributed by atoms with Crippen LogP contribution < -0.4 is 15.2 Å². The summed E-state index contributed by atoms with van der Waals surface area (Å²) in [5.74, 6) is 2.47. The van der Waals surface area contributed by atoms with Crippen LogP contribution in [0, 0.1) is 0 Å². The number of nitrogens with two attached hydrogens (primary N) is 1. The highest BCUT2D eigenvalue weighted by Crippen LogP contribution is 2.37. The molecule has 1 aromatic carbocycles. The van der Waals surface area contributed by atoms with Crippen molar-refractivity contribution in [2.45, 2.75) is 24.8 Å². The second kappa shape index (κ2) is 7.02. The highest BCUT2D eigenvalue weighted by atomic mass is 35.5. The summed E-state index contributed by atoms with van der Waals surface area (Å²) in [7, 11) is 3.23. The van der Waals surface area contributed by atoms with E-state index in [1.54, 1.807) is 20.3 Å². The summed E-state index contributed by atoms with van der Waals surface area (Å²) in [6.07, 6.45) is 6.55. The van der Waals surface area contributed by atoms with Crippen LogP contribution in [0.4, 0.5) is 0 Å². The topological polar surface area (TPSA) is 83.4 Å². The second-order valence-electron chi connectivity index (χ2n) is 5.45. The first-order valence-electron chi connectivity index (χ1n) is 7.17. The van der Waals surface area contributed by atoms with Gasteiger partial charge in [-0.1, -0.05) is 5.16 Å². The number of nitrogens with zero attached hydrogens (tertiary/aromatic N) is 2. The van der Waals surface area contributed by atoms with Gasteiger partial charge in [0.15, 0.2) is 5.82 Å². The van der Waals surface area contributed by atoms with E-state index in [0.717, 1.165) is 36.3 Å². The first-order chi connectivity index (χ1) is 10.6. The molecule has 1 aliphatic carbocycles. The first-order valence-corrected chi connectivity index (χ1v) is 7.17. The highest BCUT2D eigenvalue weighted by molar-refractivity contribution is 5.85. The Bertz CT molecular complexity index is 673. The van der Waals surface area contributed by atoms with Crippen LogP contribution in [0.3, 0.4) is 0 Å². The van der Waals surface area contributed by atoms with Gasteiger partial charge in [-0.2, -0.15) is 4.98 Å². The molecule has 1 aliphatic rings. The lowest BCUT2D eigenvalue weighted by Gasteiger charge is -2.34. The van der Waals surface area contributed by atoms with Gasteiger partial charge in [-0.25, -0.2) is 0 Å². The van der Waals surface area contributed by atoms with E-state index in [2.05, 4.69) is 10.1 Å². The summed E-state index contributed by atoms with van der Waals surface area (Å²) in [5.41, 5.74) is 6.69.